The number of Topliss-reactive ketones (excluding diaryl/α,β-unsaturated/α-hetero) is 1. The van der Waals surface area contributed by atoms with Crippen molar-refractivity contribution in [3.05, 3.63) is 12.2 Å². The van der Waals surface area contributed by atoms with Crippen molar-refractivity contribution >= 4 is 5.78 Å². The molecule has 66 valence electrons. The van der Waals surface area contributed by atoms with E-state index in [-0.39, 0.29) is 23.7 Å². The van der Waals surface area contributed by atoms with Gasteiger partial charge in [-0.3, -0.25) is 4.79 Å². The lowest BCUT2D eigenvalue weighted by molar-refractivity contribution is -0.116. The van der Waals surface area contributed by atoms with Gasteiger partial charge in [-0.25, -0.2) is 0 Å². The molecule has 0 aromatic rings. The molecule has 0 saturated heterocycles. The van der Waals surface area contributed by atoms with E-state index in [4.69, 9.17) is 5.11 Å². The molecule has 0 radical (unpaired) electrons. The first kappa shape index (κ1) is 7.99. The maximum Gasteiger partial charge on any atom is 0.162 e. The second-order valence-electron chi connectivity index (χ2n) is 4.18. The third-order valence-corrected chi connectivity index (χ3v) is 3.56. The number of rotatable bonds is 2. The van der Waals surface area contributed by atoms with Crippen LogP contribution in [0.4, 0.5) is 0 Å². The van der Waals surface area contributed by atoms with Crippen LogP contribution in [0.25, 0.3) is 0 Å². The molecule has 3 atom stereocenters. The molecule has 2 heteroatoms. The van der Waals surface area contributed by atoms with Crippen molar-refractivity contribution in [3.63, 3.8) is 0 Å². The fraction of sp³-hybridized carbons (Fsp3) is 0.700. The molecule has 0 bridgehead atoms. The Balaban J connectivity index is 2.26. The van der Waals surface area contributed by atoms with Crippen LogP contribution < -0.4 is 0 Å². The Labute approximate surface area is 72.3 Å². The number of fused-ring (bicyclic) bond motifs is 1. The van der Waals surface area contributed by atoms with Gasteiger partial charge in [0.05, 0.1) is 0 Å². The van der Waals surface area contributed by atoms with Gasteiger partial charge in [0.25, 0.3) is 0 Å². The molecular formula is C10H14O2. The molecule has 2 fully saturated rings. The molecule has 2 saturated carbocycles. The highest BCUT2D eigenvalue weighted by Gasteiger charge is 2.62. The second-order valence-corrected chi connectivity index (χ2v) is 4.18. The summed E-state index contributed by atoms with van der Waals surface area (Å²) < 4.78 is 0. The number of ketones is 1. The highest BCUT2D eigenvalue weighted by Crippen LogP contribution is 2.63. The summed E-state index contributed by atoms with van der Waals surface area (Å²) in [6.45, 7) is 6.04. The molecule has 2 aliphatic rings. The zero-order chi connectivity index (χ0) is 8.93. The van der Waals surface area contributed by atoms with Gasteiger partial charge in [-0.05, 0) is 24.3 Å². The maximum atomic E-state index is 11.5. The Bertz CT molecular complexity index is 257. The number of hydrogen-bond acceptors (Lipinski definition) is 2. The zero-order valence-corrected chi connectivity index (χ0v) is 7.34. The molecule has 12 heavy (non-hydrogen) atoms. The van der Waals surface area contributed by atoms with Crippen molar-refractivity contribution in [1.82, 2.24) is 0 Å². The van der Waals surface area contributed by atoms with Crippen LogP contribution in [0.5, 0.6) is 0 Å². The molecule has 0 aromatic carbocycles. The lowest BCUT2D eigenvalue weighted by atomic mass is 9.78. The Hall–Kier alpha value is -0.630. The van der Waals surface area contributed by atoms with Crippen molar-refractivity contribution < 1.29 is 9.90 Å². The summed E-state index contributed by atoms with van der Waals surface area (Å²) >= 11 is 0. The highest BCUT2D eigenvalue weighted by atomic mass is 16.3. The highest BCUT2D eigenvalue weighted by molar-refractivity contribution is 6.03. The standard InChI is InChI=1S/C10H14O2/c1-6-9(12)7-5-8(7)10(6,2)3-4-11/h7-8,11H,1,3-5H2,2H3/t7-,8+,10+/m0/s1. The SMILES string of the molecule is C=C1C(=O)[C@H]2C[C@H]2[C@]1(C)CCO. The monoisotopic (exact) mass is 166 g/mol. The lowest BCUT2D eigenvalue weighted by Crippen LogP contribution is -2.21. The minimum Gasteiger partial charge on any atom is -0.396 e. The molecule has 0 unspecified atom stereocenters. The quantitative estimate of drug-likeness (QED) is 0.625. The molecule has 2 rings (SSSR count). The van der Waals surface area contributed by atoms with Crippen LogP contribution in [-0.2, 0) is 4.79 Å². The fourth-order valence-corrected chi connectivity index (χ4v) is 2.49. The van der Waals surface area contributed by atoms with E-state index in [0.717, 1.165) is 12.0 Å². The predicted molar refractivity (Wildman–Crippen MR) is 45.6 cm³/mol. The van der Waals surface area contributed by atoms with E-state index >= 15 is 0 Å². The molecule has 0 aliphatic heterocycles. The van der Waals surface area contributed by atoms with Crippen molar-refractivity contribution in [3.8, 4) is 0 Å². The number of carbonyl (C=O) groups is 1. The van der Waals surface area contributed by atoms with E-state index in [9.17, 15) is 4.79 Å². The molecule has 0 amide bonds. The van der Waals surface area contributed by atoms with E-state index in [1.54, 1.807) is 0 Å². The summed E-state index contributed by atoms with van der Waals surface area (Å²) in [6.07, 6.45) is 1.72. The van der Waals surface area contributed by atoms with E-state index < -0.39 is 0 Å². The van der Waals surface area contributed by atoms with Crippen molar-refractivity contribution in [2.45, 2.75) is 19.8 Å². The Morgan fingerprint density at radius 2 is 2.42 bits per heavy atom. The molecule has 2 nitrogen and oxygen atoms in total. The third kappa shape index (κ3) is 0.761. The van der Waals surface area contributed by atoms with Gasteiger partial charge < -0.3 is 5.11 Å². The Morgan fingerprint density at radius 1 is 1.75 bits per heavy atom. The summed E-state index contributed by atoms with van der Waals surface area (Å²) in [6, 6.07) is 0. The number of aliphatic hydroxyl groups excluding tert-OH is 1. The third-order valence-electron chi connectivity index (χ3n) is 3.56. The second kappa shape index (κ2) is 2.19. The van der Waals surface area contributed by atoms with Crippen LogP contribution >= 0.6 is 0 Å². The van der Waals surface area contributed by atoms with E-state index in [0.29, 0.717) is 12.3 Å². The van der Waals surface area contributed by atoms with Crippen LogP contribution in [-0.4, -0.2) is 17.5 Å². The van der Waals surface area contributed by atoms with Crippen molar-refractivity contribution in [2.75, 3.05) is 6.61 Å². The van der Waals surface area contributed by atoms with Gasteiger partial charge in [-0.2, -0.15) is 0 Å². The Morgan fingerprint density at radius 3 is 2.83 bits per heavy atom. The minimum absolute atomic E-state index is 0.0868. The summed E-state index contributed by atoms with van der Waals surface area (Å²) in [5.41, 5.74) is 0.661. The molecule has 2 aliphatic carbocycles. The predicted octanol–water partition coefficient (Wildman–Crippen LogP) is 1.15. The normalized spacial score (nSPS) is 44.8. The first-order valence-corrected chi connectivity index (χ1v) is 4.45. The minimum atomic E-state index is -0.0868. The first-order valence-electron chi connectivity index (χ1n) is 4.45. The smallest absolute Gasteiger partial charge is 0.162 e. The number of hydrogen-bond donors (Lipinski definition) is 1. The van der Waals surface area contributed by atoms with Gasteiger partial charge in [0.2, 0.25) is 0 Å². The van der Waals surface area contributed by atoms with Gasteiger partial charge in [-0.15, -0.1) is 0 Å². The summed E-state index contributed by atoms with van der Waals surface area (Å²) in [4.78, 5) is 11.5. The molecule has 0 aromatic heterocycles. The summed E-state index contributed by atoms with van der Waals surface area (Å²) in [7, 11) is 0. The summed E-state index contributed by atoms with van der Waals surface area (Å²) in [5, 5.41) is 8.88. The average Bonchev–Trinajstić information content (AvgIpc) is 2.77. The maximum absolute atomic E-state index is 11.5. The number of allylic oxidation sites excluding steroid dienone is 1. The van der Waals surface area contributed by atoms with E-state index in [1.807, 2.05) is 0 Å². The van der Waals surface area contributed by atoms with E-state index in [1.165, 1.54) is 0 Å². The zero-order valence-electron chi connectivity index (χ0n) is 7.34. The van der Waals surface area contributed by atoms with Gasteiger partial charge in [-0.1, -0.05) is 13.5 Å². The molecule has 0 heterocycles. The molecule has 0 spiro atoms. The molecule has 1 N–H and O–H groups in total. The molecular weight excluding hydrogens is 152 g/mol. The van der Waals surface area contributed by atoms with Crippen LogP contribution in [0.1, 0.15) is 19.8 Å². The van der Waals surface area contributed by atoms with Gasteiger partial charge in [0.15, 0.2) is 5.78 Å². The van der Waals surface area contributed by atoms with Crippen LogP contribution in [0.2, 0.25) is 0 Å². The van der Waals surface area contributed by atoms with Gasteiger partial charge >= 0.3 is 0 Å². The lowest BCUT2D eigenvalue weighted by Gasteiger charge is -2.25. The van der Waals surface area contributed by atoms with Crippen LogP contribution in [0.15, 0.2) is 12.2 Å². The number of carbonyl (C=O) groups excluding carboxylic acids is 1. The van der Waals surface area contributed by atoms with Crippen molar-refractivity contribution in [2.24, 2.45) is 17.3 Å². The summed E-state index contributed by atoms with van der Waals surface area (Å²) in [5.74, 6) is 0.995. The fourth-order valence-electron chi connectivity index (χ4n) is 2.49. The number of aliphatic hydroxyl groups is 1. The largest absolute Gasteiger partial charge is 0.396 e. The topological polar surface area (TPSA) is 37.3 Å². The van der Waals surface area contributed by atoms with E-state index in [2.05, 4.69) is 13.5 Å². The van der Waals surface area contributed by atoms with Gasteiger partial charge in [0.1, 0.15) is 0 Å². The average molecular weight is 166 g/mol. The van der Waals surface area contributed by atoms with Gasteiger partial charge in [0, 0.05) is 17.9 Å². The first-order chi connectivity index (χ1) is 5.61. The Kier molecular flexibility index (Phi) is 1.46. The van der Waals surface area contributed by atoms with Crippen LogP contribution in [0.3, 0.4) is 0 Å². The van der Waals surface area contributed by atoms with Crippen molar-refractivity contribution in [1.29, 1.82) is 0 Å². The van der Waals surface area contributed by atoms with Crippen LogP contribution in [0, 0.1) is 17.3 Å².